The summed E-state index contributed by atoms with van der Waals surface area (Å²) in [6.07, 6.45) is -4.51. The summed E-state index contributed by atoms with van der Waals surface area (Å²) in [5.41, 5.74) is -0.125. The van der Waals surface area contributed by atoms with Gasteiger partial charge in [0, 0.05) is 11.9 Å². The van der Waals surface area contributed by atoms with Crippen molar-refractivity contribution in [1.29, 1.82) is 0 Å². The van der Waals surface area contributed by atoms with Crippen molar-refractivity contribution in [3.8, 4) is 0 Å². The molecule has 0 unspecified atom stereocenters. The molecule has 10 heteroatoms. The molecule has 1 rings (SSSR count). The van der Waals surface area contributed by atoms with Gasteiger partial charge in [-0.15, -0.1) is 11.3 Å². The Morgan fingerprint density at radius 2 is 2.05 bits per heavy atom. The van der Waals surface area contributed by atoms with E-state index in [2.05, 4.69) is 0 Å². The summed E-state index contributed by atoms with van der Waals surface area (Å²) in [5.74, 6) is -0.883. The van der Waals surface area contributed by atoms with Crippen LogP contribution in [0.2, 0.25) is 0 Å². The van der Waals surface area contributed by atoms with Gasteiger partial charge < -0.3 is 4.90 Å². The van der Waals surface area contributed by atoms with Gasteiger partial charge in [-0.3, -0.25) is 4.79 Å². The van der Waals surface area contributed by atoms with Gasteiger partial charge in [0.05, 0.1) is 5.56 Å². The summed E-state index contributed by atoms with van der Waals surface area (Å²) in [7, 11) is -3.96. The minimum atomic E-state index is -4.51. The number of hydrogen-bond acceptors (Lipinski definition) is 4. The number of amides is 1. The van der Waals surface area contributed by atoms with Gasteiger partial charge in [-0.1, -0.05) is 0 Å². The fourth-order valence-electron chi connectivity index (χ4n) is 1.30. The van der Waals surface area contributed by atoms with E-state index >= 15 is 0 Å². The van der Waals surface area contributed by atoms with Crippen LogP contribution in [0, 0.1) is 0 Å². The lowest BCUT2D eigenvalue weighted by molar-refractivity contribution is -0.140. The third-order valence-corrected chi connectivity index (χ3v) is 4.53. The Bertz CT molecular complexity index is 566. The minimum Gasteiger partial charge on any atom is -0.330 e. The predicted octanol–water partition coefficient (Wildman–Crippen LogP) is 1.42. The SMILES string of the molecule is CCN(CC(F)(F)F)C(=O)c1csc(S(N)(=O)=O)c1. The van der Waals surface area contributed by atoms with Gasteiger partial charge in [-0.25, -0.2) is 13.6 Å². The normalized spacial score (nSPS) is 12.5. The number of halogens is 3. The van der Waals surface area contributed by atoms with Crippen LogP contribution in [0.25, 0.3) is 0 Å². The average Bonchev–Trinajstić information content (AvgIpc) is 2.72. The standard InChI is InChI=1S/C9H11F3N2O3S2/c1-2-14(5-9(10,11)12)8(15)6-3-7(18-4-6)19(13,16)17/h3-4H,2,5H2,1H3,(H2,13,16,17). The number of thiophene rings is 1. The smallest absolute Gasteiger partial charge is 0.330 e. The molecule has 108 valence electrons. The van der Waals surface area contributed by atoms with E-state index < -0.39 is 28.7 Å². The van der Waals surface area contributed by atoms with Gasteiger partial charge >= 0.3 is 6.18 Å². The number of rotatable bonds is 4. The first kappa shape index (κ1) is 15.9. The van der Waals surface area contributed by atoms with Gasteiger partial charge in [0.2, 0.25) is 10.0 Å². The molecule has 0 atom stereocenters. The molecule has 19 heavy (non-hydrogen) atoms. The molecule has 1 amide bonds. The van der Waals surface area contributed by atoms with Gasteiger partial charge in [0.15, 0.2) is 0 Å². The molecule has 0 spiro atoms. The largest absolute Gasteiger partial charge is 0.406 e. The van der Waals surface area contributed by atoms with Crippen LogP contribution >= 0.6 is 11.3 Å². The number of alkyl halides is 3. The molecule has 0 aliphatic carbocycles. The molecule has 0 radical (unpaired) electrons. The topological polar surface area (TPSA) is 80.5 Å². The highest BCUT2D eigenvalue weighted by Gasteiger charge is 2.33. The minimum absolute atomic E-state index is 0.125. The third kappa shape index (κ3) is 4.48. The fraction of sp³-hybridized carbons (Fsp3) is 0.444. The van der Waals surface area contributed by atoms with E-state index in [1.54, 1.807) is 0 Å². The van der Waals surface area contributed by atoms with Crippen LogP contribution in [0.3, 0.4) is 0 Å². The van der Waals surface area contributed by atoms with Crippen molar-refractivity contribution in [2.75, 3.05) is 13.1 Å². The molecule has 0 bridgehead atoms. The van der Waals surface area contributed by atoms with Gasteiger partial charge in [0.25, 0.3) is 5.91 Å². The number of carbonyl (C=O) groups excluding carboxylic acids is 1. The van der Waals surface area contributed by atoms with Crippen molar-refractivity contribution < 1.29 is 26.4 Å². The zero-order valence-electron chi connectivity index (χ0n) is 9.77. The fourth-order valence-corrected chi connectivity index (χ4v) is 2.88. The Hall–Kier alpha value is -1.13. The van der Waals surface area contributed by atoms with Gasteiger partial charge in [-0.2, -0.15) is 13.2 Å². The monoisotopic (exact) mass is 316 g/mol. The summed E-state index contributed by atoms with van der Waals surface area (Å²) < 4.78 is 58.5. The second-order valence-electron chi connectivity index (χ2n) is 3.63. The highest BCUT2D eigenvalue weighted by molar-refractivity contribution is 7.91. The first-order chi connectivity index (χ1) is 8.54. The summed E-state index contributed by atoms with van der Waals surface area (Å²) in [6.45, 7) is -0.127. The van der Waals surface area contributed by atoms with Crippen molar-refractivity contribution in [3.05, 3.63) is 17.0 Å². The predicted molar refractivity (Wildman–Crippen MR) is 63.3 cm³/mol. The number of carbonyl (C=O) groups is 1. The summed E-state index contributed by atoms with van der Waals surface area (Å²) in [5, 5.41) is 6.03. The first-order valence-electron chi connectivity index (χ1n) is 5.02. The number of nitrogens with two attached hydrogens (primary N) is 1. The number of hydrogen-bond donors (Lipinski definition) is 1. The Labute approximate surface area is 111 Å². The molecule has 1 aromatic heterocycles. The first-order valence-corrected chi connectivity index (χ1v) is 7.44. The van der Waals surface area contributed by atoms with Crippen molar-refractivity contribution in [3.63, 3.8) is 0 Å². The lowest BCUT2D eigenvalue weighted by Gasteiger charge is -2.21. The second kappa shape index (κ2) is 5.47. The maximum atomic E-state index is 12.3. The van der Waals surface area contributed by atoms with Crippen molar-refractivity contribution in [2.45, 2.75) is 17.3 Å². The molecule has 0 aliphatic heterocycles. The second-order valence-corrected chi connectivity index (χ2v) is 6.33. The van der Waals surface area contributed by atoms with Crippen LogP contribution in [0.1, 0.15) is 17.3 Å². The molecular weight excluding hydrogens is 305 g/mol. The van der Waals surface area contributed by atoms with Crippen molar-refractivity contribution in [1.82, 2.24) is 4.90 Å². The van der Waals surface area contributed by atoms with Crippen molar-refractivity contribution in [2.24, 2.45) is 5.14 Å². The van der Waals surface area contributed by atoms with E-state index in [-0.39, 0.29) is 16.3 Å². The molecule has 5 nitrogen and oxygen atoms in total. The highest BCUT2D eigenvalue weighted by Crippen LogP contribution is 2.22. The van der Waals surface area contributed by atoms with Gasteiger partial charge in [0.1, 0.15) is 10.8 Å². The summed E-state index contributed by atoms with van der Waals surface area (Å²) in [4.78, 5) is 12.4. The number of nitrogens with zero attached hydrogens (tertiary/aromatic N) is 1. The summed E-state index contributed by atoms with van der Waals surface area (Å²) in [6, 6.07) is 0.974. The molecule has 1 aromatic rings. The average molecular weight is 316 g/mol. The van der Waals surface area contributed by atoms with Crippen LogP contribution in [-0.4, -0.2) is 38.5 Å². The third-order valence-electron chi connectivity index (χ3n) is 2.14. The Morgan fingerprint density at radius 1 is 1.47 bits per heavy atom. The molecule has 0 aromatic carbocycles. The zero-order valence-corrected chi connectivity index (χ0v) is 11.4. The van der Waals surface area contributed by atoms with E-state index in [0.717, 1.165) is 6.07 Å². The van der Waals surface area contributed by atoms with Crippen LogP contribution in [-0.2, 0) is 10.0 Å². The molecular formula is C9H11F3N2O3S2. The number of sulfonamides is 1. The molecule has 0 fully saturated rings. The maximum absolute atomic E-state index is 12.3. The van der Waals surface area contributed by atoms with Crippen LogP contribution in [0.5, 0.6) is 0 Å². The molecule has 2 N–H and O–H groups in total. The van der Waals surface area contributed by atoms with Crippen molar-refractivity contribution >= 4 is 27.3 Å². The Morgan fingerprint density at radius 3 is 2.42 bits per heavy atom. The molecule has 0 saturated heterocycles. The molecule has 1 heterocycles. The molecule has 0 aliphatic rings. The van der Waals surface area contributed by atoms with E-state index in [4.69, 9.17) is 5.14 Å². The van der Waals surface area contributed by atoms with Crippen LogP contribution in [0.4, 0.5) is 13.2 Å². The highest BCUT2D eigenvalue weighted by atomic mass is 32.2. The van der Waals surface area contributed by atoms with Gasteiger partial charge in [-0.05, 0) is 13.0 Å². The van der Waals surface area contributed by atoms with E-state index in [1.165, 1.54) is 12.3 Å². The maximum Gasteiger partial charge on any atom is 0.406 e. The quantitative estimate of drug-likeness (QED) is 0.912. The van der Waals surface area contributed by atoms with E-state index in [0.29, 0.717) is 16.2 Å². The zero-order chi connectivity index (χ0) is 14.8. The Kier molecular flexibility index (Phi) is 4.59. The van der Waals surface area contributed by atoms with E-state index in [1.807, 2.05) is 0 Å². The van der Waals surface area contributed by atoms with E-state index in [9.17, 15) is 26.4 Å². The lowest BCUT2D eigenvalue weighted by Crippen LogP contribution is -2.38. The molecule has 0 saturated carbocycles. The number of primary sulfonamides is 1. The lowest BCUT2D eigenvalue weighted by atomic mass is 10.3. The summed E-state index contributed by atoms with van der Waals surface area (Å²) >= 11 is 0.689. The van der Waals surface area contributed by atoms with Crippen LogP contribution in [0.15, 0.2) is 15.7 Å². The Balaban J connectivity index is 2.96. The van der Waals surface area contributed by atoms with Crippen LogP contribution < -0.4 is 5.14 Å².